The van der Waals surface area contributed by atoms with E-state index in [0.29, 0.717) is 30.0 Å². The van der Waals surface area contributed by atoms with Gasteiger partial charge in [0.25, 0.3) is 5.91 Å². The van der Waals surface area contributed by atoms with Crippen LogP contribution >= 0.6 is 11.6 Å². The highest BCUT2D eigenvalue weighted by atomic mass is 35.5. The van der Waals surface area contributed by atoms with E-state index < -0.39 is 17.7 Å². The molecule has 0 saturated carbocycles. The Balaban J connectivity index is 1.61. The van der Waals surface area contributed by atoms with Gasteiger partial charge in [0, 0.05) is 18.0 Å². The van der Waals surface area contributed by atoms with Crippen molar-refractivity contribution in [3.8, 4) is 5.75 Å². The lowest BCUT2D eigenvalue weighted by Gasteiger charge is -2.27. The van der Waals surface area contributed by atoms with Crippen molar-refractivity contribution in [2.75, 3.05) is 6.54 Å². The van der Waals surface area contributed by atoms with Gasteiger partial charge in [-0.1, -0.05) is 66.2 Å². The molecule has 0 aromatic heterocycles. The average Bonchev–Trinajstić information content (AvgIpc) is 3.08. The monoisotopic (exact) mass is 461 g/mol. The van der Waals surface area contributed by atoms with Crippen LogP contribution in [0.5, 0.6) is 5.75 Å². The molecule has 1 atom stereocenters. The van der Waals surface area contributed by atoms with Crippen LogP contribution < -0.4 is 0 Å². The number of Topliss-reactive ketones (excluding diaryl/α,β-unsaturated/α-hetero) is 1. The van der Waals surface area contributed by atoms with Crippen LogP contribution in [0.3, 0.4) is 0 Å². The second-order valence-electron chi connectivity index (χ2n) is 8.04. The molecule has 5 nitrogen and oxygen atoms in total. The predicted molar refractivity (Wildman–Crippen MR) is 127 cm³/mol. The van der Waals surface area contributed by atoms with E-state index in [1.165, 1.54) is 17.0 Å². The number of aryl methyl sites for hydroxylation is 1. The molecule has 1 heterocycles. The lowest BCUT2D eigenvalue weighted by atomic mass is 9.93. The van der Waals surface area contributed by atoms with Crippen LogP contribution in [0.15, 0.2) is 90.2 Å². The molecule has 0 saturated heterocycles. The van der Waals surface area contributed by atoms with Gasteiger partial charge in [-0.2, -0.15) is 0 Å². The van der Waals surface area contributed by atoms with E-state index in [-0.39, 0.29) is 23.5 Å². The Kier molecular flexibility index (Phi) is 6.80. The SMILES string of the molecule is O=C(CCc1ccccc1)C1=C(O)C(=O)N(CCc2ccc(Cl)cc2)C1c1cccc(O)c1. The Morgan fingerprint density at radius 3 is 2.27 bits per heavy atom. The highest BCUT2D eigenvalue weighted by Crippen LogP contribution is 2.39. The number of nitrogens with zero attached hydrogens (tertiary/aromatic N) is 1. The Bertz CT molecular complexity index is 1190. The molecular weight excluding hydrogens is 438 g/mol. The third kappa shape index (κ3) is 5.10. The van der Waals surface area contributed by atoms with Crippen LogP contribution in [-0.2, 0) is 22.4 Å². The first-order chi connectivity index (χ1) is 15.9. The number of amides is 1. The van der Waals surface area contributed by atoms with Crippen LogP contribution in [0.2, 0.25) is 5.02 Å². The Hall–Kier alpha value is -3.57. The number of hydrogen-bond donors (Lipinski definition) is 2. The molecule has 33 heavy (non-hydrogen) atoms. The summed E-state index contributed by atoms with van der Waals surface area (Å²) in [5.41, 5.74) is 2.64. The molecule has 0 radical (unpaired) electrons. The maximum atomic E-state index is 13.2. The van der Waals surface area contributed by atoms with Crippen LogP contribution in [-0.4, -0.2) is 33.3 Å². The summed E-state index contributed by atoms with van der Waals surface area (Å²) in [6, 6.07) is 22.6. The third-order valence-electron chi connectivity index (χ3n) is 5.83. The second-order valence-corrected chi connectivity index (χ2v) is 8.48. The fourth-order valence-corrected chi connectivity index (χ4v) is 4.27. The summed E-state index contributed by atoms with van der Waals surface area (Å²) in [5, 5.41) is 21.4. The molecule has 0 bridgehead atoms. The molecule has 4 rings (SSSR count). The van der Waals surface area contributed by atoms with Crippen molar-refractivity contribution in [2.24, 2.45) is 0 Å². The van der Waals surface area contributed by atoms with Gasteiger partial charge >= 0.3 is 0 Å². The van der Waals surface area contributed by atoms with E-state index in [0.717, 1.165) is 11.1 Å². The lowest BCUT2D eigenvalue weighted by Crippen LogP contribution is -2.33. The number of aromatic hydroxyl groups is 1. The van der Waals surface area contributed by atoms with Gasteiger partial charge in [-0.05, 0) is 53.8 Å². The van der Waals surface area contributed by atoms with E-state index in [1.807, 2.05) is 42.5 Å². The number of rotatable bonds is 8. The van der Waals surface area contributed by atoms with Crippen molar-refractivity contribution < 1.29 is 19.8 Å². The summed E-state index contributed by atoms with van der Waals surface area (Å²) in [5.74, 6) is -1.36. The number of halogens is 1. The Morgan fingerprint density at radius 1 is 0.879 bits per heavy atom. The smallest absolute Gasteiger partial charge is 0.290 e. The largest absolute Gasteiger partial charge is 0.508 e. The minimum atomic E-state index is -0.764. The summed E-state index contributed by atoms with van der Waals surface area (Å²) in [6.07, 6.45) is 1.19. The number of carbonyl (C=O) groups is 2. The molecule has 1 aliphatic heterocycles. The van der Waals surface area contributed by atoms with Crippen LogP contribution in [0.4, 0.5) is 0 Å². The minimum absolute atomic E-state index is 0.0278. The number of carbonyl (C=O) groups excluding carboxylic acids is 2. The standard InChI is InChI=1S/C27H24ClNO4/c28-21-12-9-19(10-13-21)15-16-29-25(20-7-4-8-22(30)17-20)24(26(32)27(29)33)23(31)14-11-18-5-2-1-3-6-18/h1-10,12-13,17,25,30,32H,11,14-16H2. The summed E-state index contributed by atoms with van der Waals surface area (Å²) in [4.78, 5) is 27.7. The third-order valence-corrected chi connectivity index (χ3v) is 6.08. The highest BCUT2D eigenvalue weighted by molar-refractivity contribution is 6.30. The van der Waals surface area contributed by atoms with Crippen molar-refractivity contribution in [2.45, 2.75) is 25.3 Å². The average molecular weight is 462 g/mol. The van der Waals surface area contributed by atoms with Crippen molar-refractivity contribution in [1.29, 1.82) is 0 Å². The van der Waals surface area contributed by atoms with E-state index >= 15 is 0 Å². The molecule has 1 aliphatic rings. The van der Waals surface area contributed by atoms with Gasteiger partial charge in [0.15, 0.2) is 11.5 Å². The van der Waals surface area contributed by atoms with Gasteiger partial charge in [0.1, 0.15) is 5.75 Å². The molecule has 1 amide bonds. The quantitative estimate of drug-likeness (QED) is 0.484. The fourth-order valence-electron chi connectivity index (χ4n) is 4.15. The van der Waals surface area contributed by atoms with E-state index in [1.54, 1.807) is 24.3 Å². The number of phenolic OH excluding ortho intramolecular Hbond substituents is 1. The van der Waals surface area contributed by atoms with Crippen LogP contribution in [0.25, 0.3) is 0 Å². The van der Waals surface area contributed by atoms with Gasteiger partial charge in [0.05, 0.1) is 11.6 Å². The van der Waals surface area contributed by atoms with Crippen molar-refractivity contribution in [1.82, 2.24) is 4.90 Å². The molecule has 0 aliphatic carbocycles. The number of benzene rings is 3. The first-order valence-electron chi connectivity index (χ1n) is 10.8. The van der Waals surface area contributed by atoms with Crippen LogP contribution in [0, 0.1) is 0 Å². The maximum Gasteiger partial charge on any atom is 0.290 e. The molecular formula is C27H24ClNO4. The van der Waals surface area contributed by atoms with Crippen molar-refractivity contribution in [3.63, 3.8) is 0 Å². The Labute approximate surface area is 197 Å². The molecule has 0 spiro atoms. The fraction of sp³-hybridized carbons (Fsp3) is 0.185. The zero-order valence-electron chi connectivity index (χ0n) is 17.9. The lowest BCUT2D eigenvalue weighted by molar-refractivity contribution is -0.129. The van der Waals surface area contributed by atoms with Crippen LogP contribution in [0.1, 0.15) is 29.2 Å². The zero-order valence-corrected chi connectivity index (χ0v) is 18.7. The molecule has 1 unspecified atom stereocenters. The molecule has 0 fully saturated rings. The van der Waals surface area contributed by atoms with Crippen molar-refractivity contribution >= 4 is 23.3 Å². The summed E-state index contributed by atoms with van der Waals surface area (Å²) in [6.45, 7) is 0.292. The van der Waals surface area contributed by atoms with Crippen molar-refractivity contribution in [3.05, 3.63) is 112 Å². The number of hydrogen-bond acceptors (Lipinski definition) is 4. The number of ketones is 1. The Morgan fingerprint density at radius 2 is 1.58 bits per heavy atom. The molecule has 168 valence electrons. The van der Waals surface area contributed by atoms with Gasteiger partial charge < -0.3 is 15.1 Å². The van der Waals surface area contributed by atoms with E-state index in [2.05, 4.69) is 0 Å². The predicted octanol–water partition coefficient (Wildman–Crippen LogP) is 5.19. The molecule has 3 aromatic rings. The van der Waals surface area contributed by atoms with E-state index in [9.17, 15) is 19.8 Å². The van der Waals surface area contributed by atoms with Gasteiger partial charge in [-0.25, -0.2) is 0 Å². The highest BCUT2D eigenvalue weighted by Gasteiger charge is 2.43. The maximum absolute atomic E-state index is 13.2. The minimum Gasteiger partial charge on any atom is -0.508 e. The second kappa shape index (κ2) is 9.92. The zero-order chi connectivity index (χ0) is 23.4. The van der Waals surface area contributed by atoms with Gasteiger partial charge in [0.2, 0.25) is 0 Å². The van der Waals surface area contributed by atoms with E-state index in [4.69, 9.17) is 11.6 Å². The number of aliphatic hydroxyl groups excluding tert-OH is 1. The molecule has 3 aromatic carbocycles. The number of phenols is 1. The number of aliphatic hydroxyl groups is 1. The summed E-state index contributed by atoms with van der Waals surface area (Å²) in [7, 11) is 0. The molecule has 6 heteroatoms. The summed E-state index contributed by atoms with van der Waals surface area (Å²) < 4.78 is 0. The normalized spacial score (nSPS) is 15.8. The first kappa shape index (κ1) is 22.6. The molecule has 2 N–H and O–H groups in total. The summed E-state index contributed by atoms with van der Waals surface area (Å²) >= 11 is 5.96. The first-order valence-corrected chi connectivity index (χ1v) is 11.2. The van der Waals surface area contributed by atoms with Gasteiger partial charge in [-0.15, -0.1) is 0 Å². The topological polar surface area (TPSA) is 77.8 Å². The van der Waals surface area contributed by atoms with Gasteiger partial charge in [-0.3, -0.25) is 9.59 Å².